The summed E-state index contributed by atoms with van der Waals surface area (Å²) < 4.78 is 19.6. The zero-order valence-corrected chi connectivity index (χ0v) is 18.7. The molecule has 2 aliphatic rings. The second-order valence-corrected chi connectivity index (χ2v) is 8.97. The van der Waals surface area contributed by atoms with Gasteiger partial charge in [0.15, 0.2) is 5.78 Å². The van der Waals surface area contributed by atoms with Crippen LogP contribution >= 0.6 is 0 Å². The van der Waals surface area contributed by atoms with E-state index in [-0.39, 0.29) is 18.2 Å². The van der Waals surface area contributed by atoms with Gasteiger partial charge in [0.2, 0.25) is 0 Å². The molecule has 0 saturated heterocycles. The SMILES string of the molecule is O=C1CCCC2=C1Cc1c(ccc3ccc(-c4ccc(OCc5ccccc5F)cc4)cc13)N2. The fourth-order valence-corrected chi connectivity index (χ4v) is 4.97. The van der Waals surface area contributed by atoms with Gasteiger partial charge >= 0.3 is 0 Å². The molecule has 1 aliphatic carbocycles. The Morgan fingerprint density at radius 2 is 1.68 bits per heavy atom. The highest BCUT2D eigenvalue weighted by Crippen LogP contribution is 2.39. The second-order valence-electron chi connectivity index (χ2n) is 8.97. The molecule has 34 heavy (non-hydrogen) atoms. The van der Waals surface area contributed by atoms with Gasteiger partial charge in [-0.05, 0) is 70.6 Å². The lowest BCUT2D eigenvalue weighted by atomic mass is 9.85. The molecule has 4 aromatic carbocycles. The van der Waals surface area contributed by atoms with E-state index >= 15 is 0 Å². The number of hydrogen-bond donors (Lipinski definition) is 1. The van der Waals surface area contributed by atoms with Gasteiger partial charge in [-0.3, -0.25) is 4.79 Å². The van der Waals surface area contributed by atoms with Crippen molar-refractivity contribution in [2.45, 2.75) is 32.3 Å². The van der Waals surface area contributed by atoms with E-state index < -0.39 is 0 Å². The number of Topliss-reactive ketones (excluding diaryl/α,β-unsaturated/α-hetero) is 1. The van der Waals surface area contributed by atoms with E-state index in [1.165, 1.54) is 22.4 Å². The molecule has 1 heterocycles. The Morgan fingerprint density at radius 1 is 0.882 bits per heavy atom. The number of benzene rings is 4. The molecule has 4 aromatic rings. The molecule has 4 heteroatoms. The van der Waals surface area contributed by atoms with Crippen LogP contribution < -0.4 is 10.1 Å². The summed E-state index contributed by atoms with van der Waals surface area (Å²) in [5, 5.41) is 5.88. The minimum absolute atomic E-state index is 0.192. The number of rotatable bonds is 4. The summed E-state index contributed by atoms with van der Waals surface area (Å²) in [6.45, 7) is 0.192. The summed E-state index contributed by atoms with van der Waals surface area (Å²) in [5.74, 6) is 0.717. The Kier molecular flexibility index (Phi) is 5.14. The molecule has 0 saturated carbocycles. The topological polar surface area (TPSA) is 38.3 Å². The third-order valence-corrected chi connectivity index (χ3v) is 6.84. The molecule has 0 aromatic heterocycles. The van der Waals surface area contributed by atoms with Crippen LogP contribution in [0.25, 0.3) is 21.9 Å². The third-order valence-electron chi connectivity index (χ3n) is 6.84. The van der Waals surface area contributed by atoms with Crippen molar-refractivity contribution in [3.63, 3.8) is 0 Å². The molecule has 0 unspecified atom stereocenters. The van der Waals surface area contributed by atoms with Crippen molar-refractivity contribution in [2.75, 3.05) is 5.32 Å². The molecule has 0 fully saturated rings. The molecule has 3 nitrogen and oxygen atoms in total. The highest BCUT2D eigenvalue weighted by molar-refractivity contribution is 6.02. The maximum absolute atomic E-state index is 13.8. The van der Waals surface area contributed by atoms with Crippen LogP contribution in [0.5, 0.6) is 5.75 Å². The smallest absolute Gasteiger partial charge is 0.160 e. The molecule has 0 amide bonds. The first kappa shape index (κ1) is 20.7. The van der Waals surface area contributed by atoms with Gasteiger partial charge in [0, 0.05) is 35.4 Å². The maximum atomic E-state index is 13.8. The van der Waals surface area contributed by atoms with Gasteiger partial charge in [0.1, 0.15) is 18.2 Å². The summed E-state index contributed by atoms with van der Waals surface area (Å²) in [4.78, 5) is 12.5. The number of anilines is 1. The van der Waals surface area contributed by atoms with E-state index in [1.807, 2.05) is 24.3 Å². The Labute approximate surface area is 197 Å². The Hall–Kier alpha value is -3.92. The first-order valence-electron chi connectivity index (χ1n) is 11.7. The summed E-state index contributed by atoms with van der Waals surface area (Å²) in [5.41, 5.74) is 7.08. The lowest BCUT2D eigenvalue weighted by Gasteiger charge is -2.28. The lowest BCUT2D eigenvalue weighted by molar-refractivity contribution is -0.116. The van der Waals surface area contributed by atoms with Crippen molar-refractivity contribution < 1.29 is 13.9 Å². The molecule has 0 bridgehead atoms. The van der Waals surface area contributed by atoms with Crippen LogP contribution in [-0.4, -0.2) is 5.78 Å². The Morgan fingerprint density at radius 3 is 2.53 bits per heavy atom. The van der Waals surface area contributed by atoms with Gasteiger partial charge in [0.25, 0.3) is 0 Å². The second kappa shape index (κ2) is 8.45. The molecular weight excluding hydrogens is 425 g/mol. The average Bonchev–Trinajstić information content (AvgIpc) is 2.87. The molecule has 6 rings (SSSR count). The first-order valence-corrected chi connectivity index (χ1v) is 11.7. The largest absolute Gasteiger partial charge is 0.489 e. The number of carbonyl (C=O) groups is 1. The summed E-state index contributed by atoms with van der Waals surface area (Å²) >= 11 is 0. The molecule has 1 aliphatic heterocycles. The summed E-state index contributed by atoms with van der Waals surface area (Å²) in [6.07, 6.45) is 3.22. The molecule has 1 N–H and O–H groups in total. The van der Waals surface area contributed by atoms with Gasteiger partial charge in [-0.2, -0.15) is 0 Å². The molecule has 168 valence electrons. The quantitative estimate of drug-likeness (QED) is 0.358. The van der Waals surface area contributed by atoms with E-state index in [0.29, 0.717) is 24.2 Å². The van der Waals surface area contributed by atoms with E-state index in [4.69, 9.17) is 4.74 Å². The van der Waals surface area contributed by atoms with Crippen molar-refractivity contribution in [1.82, 2.24) is 0 Å². The standard InChI is InChI=1S/C30H24FNO2/c31-27-5-2-1-4-22(27)18-34-23-13-10-19(11-14-23)21-9-8-20-12-15-29-25(24(20)16-21)17-26-28(32-29)6-3-7-30(26)33/h1-2,4-5,8-16,32H,3,6-7,17-18H2. The van der Waals surface area contributed by atoms with Crippen molar-refractivity contribution in [3.05, 3.63) is 107 Å². The van der Waals surface area contributed by atoms with E-state index in [0.717, 1.165) is 40.9 Å². The van der Waals surface area contributed by atoms with Crippen molar-refractivity contribution in [1.29, 1.82) is 0 Å². The highest BCUT2D eigenvalue weighted by atomic mass is 19.1. The normalized spacial score (nSPS) is 15.0. The fourth-order valence-electron chi connectivity index (χ4n) is 4.97. The Bertz CT molecular complexity index is 1450. The van der Waals surface area contributed by atoms with E-state index in [9.17, 15) is 9.18 Å². The average molecular weight is 450 g/mol. The Balaban J connectivity index is 1.28. The molecule has 0 radical (unpaired) electrons. The van der Waals surface area contributed by atoms with Crippen LogP contribution in [0.4, 0.5) is 10.1 Å². The number of ether oxygens (including phenoxy) is 1. The van der Waals surface area contributed by atoms with Gasteiger partial charge in [-0.25, -0.2) is 4.39 Å². The minimum atomic E-state index is -0.258. The predicted octanol–water partition coefficient (Wildman–Crippen LogP) is 7.20. The van der Waals surface area contributed by atoms with E-state index in [2.05, 4.69) is 35.6 Å². The van der Waals surface area contributed by atoms with Gasteiger partial charge in [0.05, 0.1) is 0 Å². The lowest BCUT2D eigenvalue weighted by Crippen LogP contribution is -2.22. The molecule has 0 spiro atoms. The van der Waals surface area contributed by atoms with Gasteiger partial charge in [-0.15, -0.1) is 0 Å². The van der Waals surface area contributed by atoms with Crippen molar-refractivity contribution in [3.8, 4) is 16.9 Å². The maximum Gasteiger partial charge on any atom is 0.160 e. The number of carbonyl (C=O) groups excluding carboxylic acids is 1. The number of ketones is 1. The zero-order valence-electron chi connectivity index (χ0n) is 18.7. The number of allylic oxidation sites excluding steroid dienone is 2. The highest BCUT2D eigenvalue weighted by Gasteiger charge is 2.26. The molecule has 0 atom stereocenters. The monoisotopic (exact) mass is 449 g/mol. The van der Waals surface area contributed by atoms with Crippen LogP contribution in [0.15, 0.2) is 90.1 Å². The predicted molar refractivity (Wildman–Crippen MR) is 133 cm³/mol. The molecular formula is C30H24FNO2. The zero-order chi connectivity index (χ0) is 23.1. The van der Waals surface area contributed by atoms with Gasteiger partial charge < -0.3 is 10.1 Å². The van der Waals surface area contributed by atoms with Crippen LogP contribution in [-0.2, 0) is 17.8 Å². The fraction of sp³-hybridized carbons (Fsp3) is 0.167. The van der Waals surface area contributed by atoms with Crippen LogP contribution in [0.2, 0.25) is 0 Å². The first-order chi connectivity index (χ1) is 16.7. The van der Waals surface area contributed by atoms with Crippen LogP contribution in [0.3, 0.4) is 0 Å². The summed E-state index contributed by atoms with van der Waals surface area (Å²) in [7, 11) is 0. The summed E-state index contributed by atoms with van der Waals surface area (Å²) in [6, 6.07) is 25.3. The minimum Gasteiger partial charge on any atom is -0.489 e. The third kappa shape index (κ3) is 3.75. The van der Waals surface area contributed by atoms with Crippen LogP contribution in [0.1, 0.15) is 30.4 Å². The number of hydrogen-bond acceptors (Lipinski definition) is 3. The van der Waals surface area contributed by atoms with Crippen molar-refractivity contribution >= 4 is 22.2 Å². The van der Waals surface area contributed by atoms with Crippen LogP contribution in [0, 0.1) is 5.82 Å². The number of nitrogens with one attached hydrogen (secondary N) is 1. The number of fused-ring (bicyclic) bond motifs is 3. The number of halogens is 1. The van der Waals surface area contributed by atoms with Crippen molar-refractivity contribution in [2.24, 2.45) is 0 Å². The van der Waals surface area contributed by atoms with Gasteiger partial charge in [-0.1, -0.05) is 48.5 Å². The van der Waals surface area contributed by atoms with E-state index in [1.54, 1.807) is 18.2 Å².